The molecule has 0 spiro atoms. The topological polar surface area (TPSA) is 44.4 Å². The Bertz CT molecular complexity index is 10000. The van der Waals surface area contributed by atoms with Gasteiger partial charge in [-0.3, -0.25) is 0 Å². The third-order valence-corrected chi connectivity index (χ3v) is 29.0. The number of hydrogen-bond acceptors (Lipinski definition) is 0. The van der Waals surface area contributed by atoms with Crippen molar-refractivity contribution in [1.82, 2.24) is 41.1 Å². The van der Waals surface area contributed by atoms with Gasteiger partial charge in [0.05, 0.1) is 82.8 Å². The van der Waals surface area contributed by atoms with E-state index in [9.17, 15) is 0 Å². The third kappa shape index (κ3) is 13.1. The van der Waals surface area contributed by atoms with E-state index in [1.165, 1.54) is 214 Å². The van der Waals surface area contributed by atoms with Crippen molar-refractivity contribution < 1.29 is 0 Å². The molecule has 0 aliphatic rings. The van der Waals surface area contributed by atoms with E-state index in [0.717, 1.165) is 34.1 Å². The fourth-order valence-corrected chi connectivity index (χ4v) is 22.8. The lowest BCUT2D eigenvalue weighted by Gasteiger charge is -2.13. The summed E-state index contributed by atoms with van der Waals surface area (Å²) in [7, 11) is 0. The Labute approximate surface area is 811 Å². The summed E-state index contributed by atoms with van der Waals surface area (Å²) in [5.41, 5.74) is 35.8. The van der Waals surface area contributed by atoms with Gasteiger partial charge < -0.3 is 41.1 Å². The van der Waals surface area contributed by atoms with Crippen LogP contribution in [-0.4, -0.2) is 41.1 Å². The van der Waals surface area contributed by atoms with Crippen LogP contribution in [-0.2, 0) is 0 Å². The molecule has 141 heavy (non-hydrogen) atoms. The minimum absolute atomic E-state index is 1.14. The Morgan fingerprint density at radius 1 is 0.0993 bits per heavy atom. The average Bonchev–Trinajstić information content (AvgIpc) is 1.57. The van der Waals surface area contributed by atoms with Crippen LogP contribution in [0.2, 0.25) is 0 Å². The van der Waals surface area contributed by atoms with Crippen LogP contribution in [0, 0.1) is 0 Å². The second-order valence-electron chi connectivity index (χ2n) is 36.7. The Balaban J connectivity index is 0.000000104. The van der Waals surface area contributed by atoms with Gasteiger partial charge in [0.1, 0.15) is 0 Å². The fraction of sp³-hybridized carbons (Fsp3) is 0. The van der Waals surface area contributed by atoms with Crippen LogP contribution in [0.5, 0.6) is 0 Å². The van der Waals surface area contributed by atoms with Crippen molar-refractivity contribution in [3.63, 3.8) is 0 Å². The second-order valence-corrected chi connectivity index (χ2v) is 36.7. The lowest BCUT2D eigenvalue weighted by Crippen LogP contribution is -1.98. The predicted octanol–water partition coefficient (Wildman–Crippen LogP) is 34.5. The first-order chi connectivity index (χ1) is 70.0. The van der Waals surface area contributed by atoms with Gasteiger partial charge >= 0.3 is 0 Å². The first kappa shape index (κ1) is 80.5. The molecule has 0 aliphatic carbocycles. The van der Waals surface area contributed by atoms with Crippen molar-refractivity contribution in [1.29, 1.82) is 0 Å². The number of rotatable bonds is 12. The predicted molar refractivity (Wildman–Crippen MR) is 592 cm³/mol. The van der Waals surface area contributed by atoms with Gasteiger partial charge in [-0.05, 0) is 258 Å². The summed E-state index contributed by atoms with van der Waals surface area (Å²) in [6.07, 6.45) is 6.57. The smallest absolute Gasteiger partial charge is 0.0548 e. The zero-order valence-corrected chi connectivity index (χ0v) is 76.8. The highest BCUT2D eigenvalue weighted by Crippen LogP contribution is 2.46. The largest absolute Gasteiger partial charge is 0.317 e. The fourth-order valence-electron chi connectivity index (χ4n) is 22.8. The van der Waals surface area contributed by atoms with E-state index >= 15 is 0 Å². The van der Waals surface area contributed by atoms with Crippen LogP contribution >= 0.6 is 0 Å². The molecule has 0 aliphatic heterocycles. The molecule has 0 amide bonds. The molecule has 0 saturated carbocycles. The molecule has 0 fully saturated rings. The van der Waals surface area contributed by atoms with E-state index in [2.05, 4.69) is 569 Å². The highest BCUT2D eigenvalue weighted by Gasteiger charge is 2.25. The number of benzene rings is 21. The first-order valence-corrected chi connectivity index (χ1v) is 48.3. The SMILES string of the molecule is c1ccc(-c2ccc3c(c2)c2cc(-c4ccccc4)ccc2n3-c2ccc(-n3c4ccccc4c4c5ccn(-c6ccccc6)c5ccc43)cc2)cc1.c1ccc(-c2ccc3c4ccccc4n(-c4ccc(-n5c6ccccc6c6c7ccn(-c8ccccc8)c7ccc65)cc4)c3c2)cc1.c1ccc(-n2ccc3c4c5ccccc5n(-c5cccc(-n6c7ccccc7c7ccccc76)c5)c4ccc32)cc1. The van der Waals surface area contributed by atoms with Crippen molar-refractivity contribution in [3.8, 4) is 84.6 Å². The summed E-state index contributed by atoms with van der Waals surface area (Å²) < 4.78 is 21.3. The molecule has 9 heterocycles. The van der Waals surface area contributed by atoms with Crippen LogP contribution in [0.4, 0.5) is 0 Å². The second kappa shape index (κ2) is 33.0. The van der Waals surface area contributed by atoms with Gasteiger partial charge in [0.2, 0.25) is 0 Å². The van der Waals surface area contributed by atoms with Gasteiger partial charge in [0.15, 0.2) is 0 Å². The molecule has 0 atom stereocenters. The number of nitrogens with zero attached hydrogens (tertiary/aromatic N) is 9. The van der Waals surface area contributed by atoms with E-state index in [-0.39, 0.29) is 0 Å². The van der Waals surface area contributed by atoms with Gasteiger partial charge in [-0.15, -0.1) is 0 Å². The van der Waals surface area contributed by atoms with E-state index < -0.39 is 0 Å². The van der Waals surface area contributed by atoms with Gasteiger partial charge in [0.25, 0.3) is 0 Å². The maximum atomic E-state index is 2.42. The molecule has 9 aromatic heterocycles. The Kier molecular flexibility index (Phi) is 18.8. The molecule has 660 valence electrons. The van der Waals surface area contributed by atoms with Crippen molar-refractivity contribution in [3.05, 3.63) is 528 Å². The molecular weight excluding hydrogens is 1710 g/mol. The average molecular weight is 1800 g/mol. The quantitative estimate of drug-likeness (QED) is 0.117. The molecule has 0 radical (unpaired) electrons. The minimum atomic E-state index is 1.14. The van der Waals surface area contributed by atoms with Crippen molar-refractivity contribution in [2.45, 2.75) is 0 Å². The zero-order valence-electron chi connectivity index (χ0n) is 76.8. The summed E-state index contributed by atoms with van der Waals surface area (Å²) in [5.74, 6) is 0. The summed E-state index contributed by atoms with van der Waals surface area (Å²) in [6, 6.07) is 184. The summed E-state index contributed by atoms with van der Waals surface area (Å²) in [5, 5.41) is 19.0. The lowest BCUT2D eigenvalue weighted by molar-refractivity contribution is 1.12. The number of aromatic nitrogens is 9. The minimum Gasteiger partial charge on any atom is -0.317 e. The van der Waals surface area contributed by atoms with Crippen molar-refractivity contribution in [2.24, 2.45) is 0 Å². The first-order valence-electron chi connectivity index (χ1n) is 48.3. The van der Waals surface area contributed by atoms with E-state index in [4.69, 9.17) is 0 Å². The molecule has 30 aromatic rings. The summed E-state index contributed by atoms with van der Waals surface area (Å²) in [4.78, 5) is 0. The zero-order chi connectivity index (χ0) is 92.7. The molecule has 9 nitrogen and oxygen atoms in total. The molecule has 0 N–H and O–H groups in total. The summed E-state index contributed by atoms with van der Waals surface area (Å²) in [6.45, 7) is 0. The van der Waals surface area contributed by atoms with Crippen LogP contribution in [0.1, 0.15) is 0 Å². The van der Waals surface area contributed by atoms with Crippen LogP contribution < -0.4 is 0 Å². The highest BCUT2D eigenvalue weighted by molar-refractivity contribution is 6.25. The van der Waals surface area contributed by atoms with Gasteiger partial charge in [-0.1, -0.05) is 285 Å². The van der Waals surface area contributed by atoms with Gasteiger partial charge in [0, 0.05) is 151 Å². The van der Waals surface area contributed by atoms with Gasteiger partial charge in [-0.2, -0.15) is 0 Å². The maximum Gasteiger partial charge on any atom is 0.0548 e. The number of para-hydroxylation sites is 9. The van der Waals surface area contributed by atoms with E-state index in [1.807, 2.05) is 0 Å². The van der Waals surface area contributed by atoms with Crippen molar-refractivity contribution >= 4 is 164 Å². The Morgan fingerprint density at radius 3 is 0.660 bits per heavy atom. The molecule has 0 unspecified atom stereocenters. The van der Waals surface area contributed by atoms with Crippen LogP contribution in [0.25, 0.3) is 248 Å². The molecule has 30 rings (SSSR count). The summed E-state index contributed by atoms with van der Waals surface area (Å²) >= 11 is 0. The Morgan fingerprint density at radius 2 is 0.319 bits per heavy atom. The Hall–Kier alpha value is -19.0. The molecular formula is C132H87N9. The number of fused-ring (bicyclic) bond motifs is 24. The maximum absolute atomic E-state index is 2.42. The number of hydrogen-bond donors (Lipinski definition) is 0. The normalized spacial score (nSPS) is 11.8. The highest BCUT2D eigenvalue weighted by atomic mass is 15.1. The van der Waals surface area contributed by atoms with Crippen molar-refractivity contribution in [2.75, 3.05) is 0 Å². The van der Waals surface area contributed by atoms with E-state index in [0.29, 0.717) is 0 Å². The standard InChI is InChI=1S/C50H33N3.C44H29N3.C38H25N3/c1-4-12-34(13-5-1)36-20-26-47-43(32-36)44-33-37(35-14-6-2-7-15-35)21-27-48(44)52(47)39-22-24-40(25-23-39)53-46-19-11-10-18-41(46)50-42-30-31-51(38-16-8-3-9-17-38)45(42)28-29-49(50)53;1-3-11-30(12-4-1)31-19-24-36-35-15-7-9-17-40(35)47(43(36)29-31)34-22-20-33(21-23-34)46-41-18-10-8-16-37(41)44-38-27-28-45(32-13-5-2-6-14-32)39(38)25-26-42(44)46;1-2-11-26(12-3-1)39-24-23-32-33(39)21-22-37-38(32)31-17-6-9-20-36(31)41(37)28-14-10-13-27(25-28)40-34-18-7-4-15-29(34)30-16-5-8-19-35(30)40/h1-33H;1-29H;1-25H. The lowest BCUT2D eigenvalue weighted by atomic mass is 10.0. The molecule has 0 saturated heterocycles. The molecule has 21 aromatic carbocycles. The third-order valence-electron chi connectivity index (χ3n) is 29.0. The monoisotopic (exact) mass is 1800 g/mol. The molecule has 0 bridgehead atoms. The van der Waals surface area contributed by atoms with E-state index in [1.54, 1.807) is 0 Å². The van der Waals surface area contributed by atoms with Crippen LogP contribution in [0.3, 0.4) is 0 Å². The van der Waals surface area contributed by atoms with Crippen LogP contribution in [0.15, 0.2) is 528 Å². The van der Waals surface area contributed by atoms with Gasteiger partial charge in [-0.25, -0.2) is 0 Å². The molecule has 9 heteroatoms.